The van der Waals surface area contributed by atoms with E-state index in [1.54, 1.807) is 0 Å². The summed E-state index contributed by atoms with van der Waals surface area (Å²) in [4.78, 5) is 35.6. The molecule has 0 bridgehead atoms. The molecular formula is C8H12K4O8. The van der Waals surface area contributed by atoms with Crippen LogP contribution in [0.2, 0.25) is 0 Å². The SMILES string of the molecule is CC(C)=O.CC(C)=O.O=C([O-])[O-].O=C([O-])[O-].[K+].[K+].[K+].[K+]. The van der Waals surface area contributed by atoms with Gasteiger partial charge < -0.3 is 39.6 Å². The quantitative estimate of drug-likeness (QED) is 0.367. The Morgan fingerprint density at radius 3 is 0.500 bits per heavy atom. The predicted octanol–water partition coefficient (Wildman–Crippen LogP) is -15.7. The van der Waals surface area contributed by atoms with E-state index < -0.39 is 12.3 Å². The summed E-state index contributed by atoms with van der Waals surface area (Å²) in [5, 5.41) is 33.3. The molecule has 0 amide bonds. The first-order chi connectivity index (χ1) is 6.93. The summed E-state index contributed by atoms with van der Waals surface area (Å²) in [5.41, 5.74) is 0. The van der Waals surface area contributed by atoms with E-state index >= 15 is 0 Å². The van der Waals surface area contributed by atoms with E-state index in [4.69, 9.17) is 30.0 Å². The normalized spacial score (nSPS) is 5.00. The van der Waals surface area contributed by atoms with Gasteiger partial charge in [-0.25, -0.2) is 0 Å². The van der Waals surface area contributed by atoms with Crippen LogP contribution in [0.3, 0.4) is 0 Å². The monoisotopic (exact) mass is 392 g/mol. The van der Waals surface area contributed by atoms with Gasteiger partial charge in [0.05, 0.1) is 0 Å². The molecule has 0 saturated heterocycles. The Balaban J connectivity index is -0.0000000150. The van der Waals surface area contributed by atoms with Crippen molar-refractivity contribution in [2.45, 2.75) is 27.7 Å². The van der Waals surface area contributed by atoms with Gasteiger partial charge in [0, 0.05) is 0 Å². The molecule has 12 heteroatoms. The number of hydrogen-bond donors (Lipinski definition) is 0. The maximum atomic E-state index is 9.44. The van der Waals surface area contributed by atoms with E-state index in [2.05, 4.69) is 0 Å². The van der Waals surface area contributed by atoms with Crippen molar-refractivity contribution in [1.82, 2.24) is 0 Å². The van der Waals surface area contributed by atoms with Gasteiger partial charge in [-0.3, -0.25) is 0 Å². The zero-order valence-corrected chi connectivity index (χ0v) is 25.8. The summed E-state index contributed by atoms with van der Waals surface area (Å²) in [6.07, 6.45) is -4.67. The van der Waals surface area contributed by atoms with E-state index in [-0.39, 0.29) is 217 Å². The van der Waals surface area contributed by atoms with Crippen LogP contribution in [0.25, 0.3) is 0 Å². The van der Waals surface area contributed by atoms with Crippen molar-refractivity contribution < 1.29 is 245 Å². The van der Waals surface area contributed by atoms with Crippen LogP contribution in [-0.2, 0) is 9.59 Å². The maximum absolute atomic E-state index is 9.44. The predicted molar refractivity (Wildman–Crippen MR) is 43.5 cm³/mol. The van der Waals surface area contributed by atoms with Crippen LogP contribution in [0.4, 0.5) is 9.59 Å². The molecule has 0 fully saturated rings. The fourth-order valence-corrected chi connectivity index (χ4v) is 0. The number of carbonyl (C=O) groups excluding carboxylic acids is 4. The van der Waals surface area contributed by atoms with Gasteiger partial charge in [-0.15, -0.1) is 0 Å². The Hall–Kier alpha value is 4.43. The number of hydrogen-bond acceptors (Lipinski definition) is 8. The summed E-state index contributed by atoms with van der Waals surface area (Å²) in [6, 6.07) is 0. The summed E-state index contributed by atoms with van der Waals surface area (Å²) in [5.74, 6) is 0.333. The first-order valence-electron chi connectivity index (χ1n) is 3.63. The van der Waals surface area contributed by atoms with E-state index in [9.17, 15) is 9.59 Å². The molecule has 0 aromatic carbocycles. The van der Waals surface area contributed by atoms with Crippen LogP contribution in [0.15, 0.2) is 0 Å². The minimum Gasteiger partial charge on any atom is -0.652 e. The molecular weight excluding hydrogens is 380 g/mol. The Morgan fingerprint density at radius 1 is 0.500 bits per heavy atom. The van der Waals surface area contributed by atoms with Gasteiger partial charge in [0.1, 0.15) is 11.6 Å². The number of carbonyl (C=O) groups is 4. The van der Waals surface area contributed by atoms with Crippen molar-refractivity contribution >= 4 is 23.9 Å². The summed E-state index contributed by atoms with van der Waals surface area (Å²) >= 11 is 0. The average molecular weight is 393 g/mol. The van der Waals surface area contributed by atoms with Crippen LogP contribution >= 0.6 is 0 Å². The van der Waals surface area contributed by atoms with Gasteiger partial charge in [-0.05, 0) is 40.0 Å². The van der Waals surface area contributed by atoms with Crippen molar-refractivity contribution in [3.63, 3.8) is 0 Å². The molecule has 0 aromatic heterocycles. The first-order valence-corrected chi connectivity index (χ1v) is 3.63. The van der Waals surface area contributed by atoms with Crippen LogP contribution in [-0.4, -0.2) is 23.9 Å². The van der Waals surface area contributed by atoms with Crippen LogP contribution in [0.5, 0.6) is 0 Å². The van der Waals surface area contributed by atoms with Gasteiger partial charge in [0.15, 0.2) is 0 Å². The molecule has 20 heavy (non-hydrogen) atoms. The topological polar surface area (TPSA) is 161 Å². The molecule has 8 nitrogen and oxygen atoms in total. The fourth-order valence-electron chi connectivity index (χ4n) is 0. The Bertz CT molecular complexity index is 171. The second-order valence-electron chi connectivity index (χ2n) is 2.32. The number of rotatable bonds is 0. The Labute approximate surface area is 288 Å². The van der Waals surface area contributed by atoms with Crippen molar-refractivity contribution in [3.05, 3.63) is 0 Å². The number of Topliss-reactive ketones (excluding diaryl/α,β-unsaturated/α-hetero) is 2. The molecule has 0 atom stereocenters. The standard InChI is InChI=1S/2C3H6O.2CH2O3.4K/c2*1-3(2)4;2*2-1(3)4;;;;/h2*1-2H3;2*(H2,2,3,4);;;;/q;;;;4*+1/p-4. The van der Waals surface area contributed by atoms with Gasteiger partial charge in [0.2, 0.25) is 0 Å². The van der Waals surface area contributed by atoms with Crippen LogP contribution < -0.4 is 226 Å². The third kappa shape index (κ3) is 526. The average Bonchev–Trinajstić information content (AvgIpc) is 1.76. The van der Waals surface area contributed by atoms with Crippen molar-refractivity contribution in [3.8, 4) is 0 Å². The molecule has 0 unspecified atom stereocenters. The first kappa shape index (κ1) is 49.7. The molecule has 0 heterocycles. The summed E-state index contributed by atoms with van der Waals surface area (Å²) in [7, 11) is 0. The summed E-state index contributed by atoms with van der Waals surface area (Å²) in [6.45, 7) is 6.11. The molecule has 0 aliphatic heterocycles. The molecule has 0 radical (unpaired) electrons. The summed E-state index contributed by atoms with van der Waals surface area (Å²) < 4.78 is 0. The van der Waals surface area contributed by atoms with Crippen molar-refractivity contribution in [1.29, 1.82) is 0 Å². The van der Waals surface area contributed by atoms with E-state index in [1.165, 1.54) is 27.7 Å². The second-order valence-corrected chi connectivity index (χ2v) is 2.32. The molecule has 0 rings (SSSR count). The minimum atomic E-state index is -2.33. The molecule has 0 aliphatic rings. The van der Waals surface area contributed by atoms with Gasteiger partial charge in [0.25, 0.3) is 0 Å². The third-order valence-corrected chi connectivity index (χ3v) is 0. The zero-order valence-electron chi connectivity index (χ0n) is 13.3. The third-order valence-electron chi connectivity index (χ3n) is 0. The largest absolute Gasteiger partial charge is 1.00 e. The fraction of sp³-hybridized carbons (Fsp3) is 0.500. The molecule has 0 saturated carbocycles. The Morgan fingerprint density at radius 2 is 0.500 bits per heavy atom. The van der Waals surface area contributed by atoms with E-state index in [0.717, 1.165) is 0 Å². The molecule has 0 aliphatic carbocycles. The van der Waals surface area contributed by atoms with Crippen LogP contribution in [0, 0.1) is 0 Å². The molecule has 0 N–H and O–H groups in total. The van der Waals surface area contributed by atoms with Gasteiger partial charge >= 0.3 is 206 Å². The second kappa shape index (κ2) is 43.7. The smallest absolute Gasteiger partial charge is 0.652 e. The van der Waals surface area contributed by atoms with Crippen molar-refractivity contribution in [2.24, 2.45) is 0 Å². The molecule has 96 valence electrons. The molecule has 0 aromatic rings. The maximum Gasteiger partial charge on any atom is 1.00 e. The van der Waals surface area contributed by atoms with Crippen LogP contribution in [0.1, 0.15) is 27.7 Å². The van der Waals surface area contributed by atoms with E-state index in [1.807, 2.05) is 0 Å². The Kier molecular flexibility index (Phi) is 108. The van der Waals surface area contributed by atoms with E-state index in [0.29, 0.717) is 0 Å². The minimum absolute atomic E-state index is 0. The zero-order chi connectivity index (χ0) is 14.3. The van der Waals surface area contributed by atoms with Crippen molar-refractivity contribution in [2.75, 3.05) is 0 Å². The number of ketones is 2. The van der Waals surface area contributed by atoms with Gasteiger partial charge in [-0.1, -0.05) is 0 Å². The van der Waals surface area contributed by atoms with Gasteiger partial charge in [-0.2, -0.15) is 0 Å². The number of carboxylic acid groups (broad SMARTS) is 4. The molecule has 0 spiro atoms.